The second-order valence-corrected chi connectivity index (χ2v) is 4.91. The van der Waals surface area contributed by atoms with Crippen molar-refractivity contribution in [3.63, 3.8) is 0 Å². The molecule has 0 spiro atoms. The van der Waals surface area contributed by atoms with Crippen LogP contribution < -0.4 is 5.32 Å². The SMILES string of the molecule is CC1CCCC1NC(=O)c1cccs1. The first-order valence-electron chi connectivity index (χ1n) is 5.12. The van der Waals surface area contributed by atoms with E-state index in [2.05, 4.69) is 12.2 Å². The monoisotopic (exact) mass is 209 g/mol. The van der Waals surface area contributed by atoms with Crippen LogP contribution in [0.3, 0.4) is 0 Å². The van der Waals surface area contributed by atoms with Crippen molar-refractivity contribution in [2.45, 2.75) is 32.2 Å². The summed E-state index contributed by atoms with van der Waals surface area (Å²) in [7, 11) is 0. The summed E-state index contributed by atoms with van der Waals surface area (Å²) in [5.41, 5.74) is 0. The van der Waals surface area contributed by atoms with E-state index in [1.165, 1.54) is 24.2 Å². The Kier molecular flexibility index (Phi) is 2.87. The largest absolute Gasteiger partial charge is 0.348 e. The molecule has 1 fully saturated rings. The molecule has 0 aliphatic heterocycles. The van der Waals surface area contributed by atoms with Crippen LogP contribution in [0.2, 0.25) is 0 Å². The van der Waals surface area contributed by atoms with Gasteiger partial charge in [0.25, 0.3) is 5.91 Å². The zero-order valence-corrected chi connectivity index (χ0v) is 9.14. The minimum atomic E-state index is 0.0961. The Morgan fingerprint density at radius 3 is 3.00 bits per heavy atom. The minimum Gasteiger partial charge on any atom is -0.348 e. The van der Waals surface area contributed by atoms with Gasteiger partial charge in [0.1, 0.15) is 0 Å². The van der Waals surface area contributed by atoms with Gasteiger partial charge in [0.15, 0.2) is 0 Å². The molecule has 76 valence electrons. The molecule has 0 radical (unpaired) electrons. The maximum atomic E-state index is 11.7. The summed E-state index contributed by atoms with van der Waals surface area (Å²) in [5.74, 6) is 0.734. The normalized spacial score (nSPS) is 26.4. The van der Waals surface area contributed by atoms with Crippen molar-refractivity contribution in [2.75, 3.05) is 0 Å². The van der Waals surface area contributed by atoms with E-state index in [1.54, 1.807) is 0 Å². The lowest BCUT2D eigenvalue weighted by Gasteiger charge is -2.16. The molecule has 1 saturated carbocycles. The third-order valence-electron chi connectivity index (χ3n) is 2.92. The predicted molar refractivity (Wildman–Crippen MR) is 58.6 cm³/mol. The van der Waals surface area contributed by atoms with E-state index in [4.69, 9.17) is 0 Å². The van der Waals surface area contributed by atoms with Crippen molar-refractivity contribution in [1.29, 1.82) is 0 Å². The van der Waals surface area contributed by atoms with Crippen LogP contribution in [0.1, 0.15) is 35.9 Å². The summed E-state index contributed by atoms with van der Waals surface area (Å²) >= 11 is 1.50. The number of carbonyl (C=O) groups is 1. The summed E-state index contributed by atoms with van der Waals surface area (Å²) in [6.07, 6.45) is 3.63. The average molecular weight is 209 g/mol. The quantitative estimate of drug-likeness (QED) is 0.797. The fourth-order valence-corrected chi connectivity index (χ4v) is 2.63. The van der Waals surface area contributed by atoms with E-state index in [-0.39, 0.29) is 5.91 Å². The van der Waals surface area contributed by atoms with E-state index in [0.29, 0.717) is 12.0 Å². The van der Waals surface area contributed by atoms with Crippen LogP contribution >= 0.6 is 11.3 Å². The fourth-order valence-electron chi connectivity index (χ4n) is 2.01. The zero-order chi connectivity index (χ0) is 9.97. The van der Waals surface area contributed by atoms with Gasteiger partial charge in [0, 0.05) is 6.04 Å². The molecule has 14 heavy (non-hydrogen) atoms. The summed E-state index contributed by atoms with van der Waals surface area (Å²) in [6, 6.07) is 4.18. The third-order valence-corrected chi connectivity index (χ3v) is 3.79. The Morgan fingerprint density at radius 1 is 1.57 bits per heavy atom. The average Bonchev–Trinajstić information content (AvgIpc) is 2.77. The van der Waals surface area contributed by atoms with E-state index >= 15 is 0 Å². The number of carbonyl (C=O) groups excluding carboxylic acids is 1. The number of nitrogens with one attached hydrogen (secondary N) is 1. The molecule has 1 aromatic heterocycles. The molecule has 0 bridgehead atoms. The van der Waals surface area contributed by atoms with E-state index in [1.807, 2.05) is 17.5 Å². The molecular formula is C11H15NOS. The van der Waals surface area contributed by atoms with Gasteiger partial charge in [-0.15, -0.1) is 11.3 Å². The summed E-state index contributed by atoms with van der Waals surface area (Å²) in [5, 5.41) is 5.04. The molecule has 1 aliphatic rings. The van der Waals surface area contributed by atoms with Crippen LogP contribution in [-0.4, -0.2) is 11.9 Å². The Bertz CT molecular complexity index is 307. The molecule has 2 nitrogen and oxygen atoms in total. The lowest BCUT2D eigenvalue weighted by Crippen LogP contribution is -2.35. The number of rotatable bonds is 2. The fraction of sp³-hybridized carbons (Fsp3) is 0.545. The lowest BCUT2D eigenvalue weighted by atomic mass is 10.1. The minimum absolute atomic E-state index is 0.0961. The van der Waals surface area contributed by atoms with Crippen LogP contribution in [-0.2, 0) is 0 Å². The number of hydrogen-bond acceptors (Lipinski definition) is 2. The Labute approximate surface area is 88.3 Å². The van der Waals surface area contributed by atoms with Crippen molar-refractivity contribution in [1.82, 2.24) is 5.32 Å². The smallest absolute Gasteiger partial charge is 0.261 e. The summed E-state index contributed by atoms with van der Waals surface area (Å²) in [4.78, 5) is 12.5. The van der Waals surface area contributed by atoms with Crippen molar-refractivity contribution >= 4 is 17.2 Å². The van der Waals surface area contributed by atoms with E-state index in [0.717, 1.165) is 11.3 Å². The predicted octanol–water partition coefficient (Wildman–Crippen LogP) is 2.67. The highest BCUT2D eigenvalue weighted by Crippen LogP contribution is 2.25. The van der Waals surface area contributed by atoms with Crippen LogP contribution in [0.25, 0.3) is 0 Å². The summed E-state index contributed by atoms with van der Waals surface area (Å²) < 4.78 is 0. The lowest BCUT2D eigenvalue weighted by molar-refractivity contribution is 0.0934. The first kappa shape index (κ1) is 9.71. The van der Waals surface area contributed by atoms with Gasteiger partial charge in [-0.25, -0.2) is 0 Å². The topological polar surface area (TPSA) is 29.1 Å². The first-order valence-corrected chi connectivity index (χ1v) is 5.99. The van der Waals surface area contributed by atoms with Gasteiger partial charge in [0.05, 0.1) is 4.88 Å². The number of amides is 1. The Hall–Kier alpha value is -0.830. The third kappa shape index (κ3) is 1.98. The zero-order valence-electron chi connectivity index (χ0n) is 8.32. The molecule has 0 saturated heterocycles. The van der Waals surface area contributed by atoms with E-state index < -0.39 is 0 Å². The standard InChI is InChI=1S/C11H15NOS/c1-8-4-2-5-9(8)12-11(13)10-6-3-7-14-10/h3,6-9H,2,4-5H2,1H3,(H,12,13). The van der Waals surface area contributed by atoms with Crippen LogP contribution in [0, 0.1) is 5.92 Å². The highest BCUT2D eigenvalue weighted by molar-refractivity contribution is 7.12. The molecule has 1 aliphatic carbocycles. The molecule has 2 atom stereocenters. The Morgan fingerprint density at radius 2 is 2.43 bits per heavy atom. The van der Waals surface area contributed by atoms with Crippen LogP contribution in [0.4, 0.5) is 0 Å². The molecular weight excluding hydrogens is 194 g/mol. The van der Waals surface area contributed by atoms with Crippen LogP contribution in [0.5, 0.6) is 0 Å². The second-order valence-electron chi connectivity index (χ2n) is 3.97. The van der Waals surface area contributed by atoms with Crippen molar-refractivity contribution in [2.24, 2.45) is 5.92 Å². The van der Waals surface area contributed by atoms with E-state index in [9.17, 15) is 4.79 Å². The maximum Gasteiger partial charge on any atom is 0.261 e. The molecule has 2 rings (SSSR count). The molecule has 0 aromatic carbocycles. The molecule has 1 heterocycles. The van der Waals surface area contributed by atoms with Crippen molar-refractivity contribution < 1.29 is 4.79 Å². The Balaban J connectivity index is 1.95. The molecule has 1 N–H and O–H groups in total. The molecule has 3 heteroatoms. The van der Waals surface area contributed by atoms with Gasteiger partial charge >= 0.3 is 0 Å². The molecule has 2 unspecified atom stereocenters. The maximum absolute atomic E-state index is 11.7. The van der Waals surface area contributed by atoms with Gasteiger partial charge in [-0.3, -0.25) is 4.79 Å². The van der Waals surface area contributed by atoms with Gasteiger partial charge in [-0.05, 0) is 30.2 Å². The summed E-state index contributed by atoms with van der Waals surface area (Å²) in [6.45, 7) is 2.21. The van der Waals surface area contributed by atoms with Gasteiger partial charge in [-0.2, -0.15) is 0 Å². The van der Waals surface area contributed by atoms with Crippen molar-refractivity contribution in [3.8, 4) is 0 Å². The highest BCUT2D eigenvalue weighted by atomic mass is 32.1. The molecule has 1 aromatic rings. The van der Waals surface area contributed by atoms with Gasteiger partial charge in [-0.1, -0.05) is 19.4 Å². The number of hydrogen-bond donors (Lipinski definition) is 1. The van der Waals surface area contributed by atoms with Gasteiger partial charge in [0.2, 0.25) is 0 Å². The first-order chi connectivity index (χ1) is 6.77. The highest BCUT2D eigenvalue weighted by Gasteiger charge is 2.25. The van der Waals surface area contributed by atoms with Gasteiger partial charge < -0.3 is 5.32 Å². The molecule has 1 amide bonds. The van der Waals surface area contributed by atoms with Crippen LogP contribution in [0.15, 0.2) is 17.5 Å². The number of thiophene rings is 1. The second kappa shape index (κ2) is 4.13. The van der Waals surface area contributed by atoms with Crippen molar-refractivity contribution in [3.05, 3.63) is 22.4 Å².